The number of hydrogen-bond acceptors (Lipinski definition) is 4. The zero-order chi connectivity index (χ0) is 18.8. The zero-order valence-corrected chi connectivity index (χ0v) is 15.5. The summed E-state index contributed by atoms with van der Waals surface area (Å²) in [6.07, 6.45) is 7.12. The Morgan fingerprint density at radius 2 is 2.04 bits per heavy atom. The van der Waals surface area contributed by atoms with Crippen LogP contribution in [0.25, 0.3) is 5.69 Å². The quantitative estimate of drug-likeness (QED) is 0.804. The molecule has 0 aliphatic carbocycles. The number of hydrogen-bond donors (Lipinski definition) is 0. The third-order valence-corrected chi connectivity index (χ3v) is 5.53. The van der Waals surface area contributed by atoms with E-state index in [9.17, 15) is 9.59 Å². The summed E-state index contributed by atoms with van der Waals surface area (Å²) >= 11 is 0. The van der Waals surface area contributed by atoms with Gasteiger partial charge < -0.3 is 19.1 Å². The van der Waals surface area contributed by atoms with Gasteiger partial charge in [-0.25, -0.2) is 4.98 Å². The van der Waals surface area contributed by atoms with Crippen LogP contribution >= 0.6 is 0 Å². The van der Waals surface area contributed by atoms with Crippen LogP contribution in [0.5, 0.6) is 0 Å². The molecule has 0 unspecified atom stereocenters. The summed E-state index contributed by atoms with van der Waals surface area (Å²) in [5.74, 6) is 0.0503. The highest BCUT2D eigenvalue weighted by Crippen LogP contribution is 2.29. The van der Waals surface area contributed by atoms with Gasteiger partial charge in [0.25, 0.3) is 5.91 Å². The van der Waals surface area contributed by atoms with Gasteiger partial charge in [0.1, 0.15) is 0 Å². The molecule has 5 rings (SSSR count). The van der Waals surface area contributed by atoms with Gasteiger partial charge in [0.05, 0.1) is 18.9 Å². The molecule has 0 saturated carbocycles. The van der Waals surface area contributed by atoms with Crippen LogP contribution in [0.3, 0.4) is 0 Å². The molecular formula is C20H24N4O3. The van der Waals surface area contributed by atoms with Crippen molar-refractivity contribution in [2.24, 2.45) is 5.92 Å². The minimum Gasteiger partial charge on any atom is -0.383 e. The van der Waals surface area contributed by atoms with Crippen molar-refractivity contribution in [2.75, 3.05) is 33.4 Å². The van der Waals surface area contributed by atoms with Crippen molar-refractivity contribution in [3.63, 3.8) is 0 Å². The molecule has 0 radical (unpaired) electrons. The topological polar surface area (TPSA) is 67.7 Å². The van der Waals surface area contributed by atoms with Crippen molar-refractivity contribution in [1.82, 2.24) is 19.4 Å². The predicted molar refractivity (Wildman–Crippen MR) is 99.6 cm³/mol. The highest BCUT2D eigenvalue weighted by molar-refractivity contribution is 5.95. The number of ether oxygens (including phenoxy) is 1. The summed E-state index contributed by atoms with van der Waals surface area (Å²) in [6.45, 7) is 2.21. The Hall–Kier alpha value is -2.67. The summed E-state index contributed by atoms with van der Waals surface area (Å²) < 4.78 is 7.04. The lowest BCUT2D eigenvalue weighted by Crippen LogP contribution is -2.49. The fraction of sp³-hybridized carbons (Fsp3) is 0.450. The number of aromatic nitrogens is 2. The van der Waals surface area contributed by atoms with Crippen LogP contribution in [0.1, 0.15) is 23.2 Å². The Morgan fingerprint density at radius 3 is 2.74 bits per heavy atom. The number of amides is 2. The second-order valence-electron chi connectivity index (χ2n) is 7.18. The molecule has 7 nitrogen and oxygen atoms in total. The van der Waals surface area contributed by atoms with Crippen molar-refractivity contribution >= 4 is 11.8 Å². The molecule has 3 fully saturated rings. The van der Waals surface area contributed by atoms with E-state index in [4.69, 9.17) is 4.74 Å². The first-order valence-electron chi connectivity index (χ1n) is 9.34. The van der Waals surface area contributed by atoms with E-state index in [2.05, 4.69) is 4.98 Å². The summed E-state index contributed by atoms with van der Waals surface area (Å²) in [6, 6.07) is 7.60. The molecule has 3 aliphatic heterocycles. The molecule has 27 heavy (non-hydrogen) atoms. The van der Waals surface area contributed by atoms with Gasteiger partial charge in [-0.2, -0.15) is 0 Å². The number of fused-ring (bicyclic) bond motifs is 4. The normalized spacial score (nSPS) is 22.2. The Kier molecular flexibility index (Phi) is 4.94. The van der Waals surface area contributed by atoms with Crippen LogP contribution < -0.4 is 0 Å². The van der Waals surface area contributed by atoms with Crippen LogP contribution in [0.15, 0.2) is 43.0 Å². The van der Waals surface area contributed by atoms with Crippen molar-refractivity contribution in [2.45, 2.75) is 18.9 Å². The average molecular weight is 368 g/mol. The number of benzene rings is 1. The van der Waals surface area contributed by atoms with Gasteiger partial charge in [-0.05, 0) is 37.1 Å². The van der Waals surface area contributed by atoms with Gasteiger partial charge in [-0.15, -0.1) is 0 Å². The second kappa shape index (κ2) is 7.52. The van der Waals surface area contributed by atoms with Gasteiger partial charge in [-0.3, -0.25) is 9.59 Å². The molecule has 3 aliphatic rings. The molecule has 1 aromatic carbocycles. The van der Waals surface area contributed by atoms with Gasteiger partial charge in [0, 0.05) is 56.4 Å². The van der Waals surface area contributed by atoms with E-state index in [0.29, 0.717) is 31.8 Å². The standard InChI is InChI=1S/C20H24N4O3/c1-27-11-10-24-18-7-4-16(20(24)26)12-23(13-18)19(25)15-2-5-17(6-3-15)22-9-8-21-14-22/h2-3,5-6,8-9,14,16,18H,4,7,10-13H2,1H3/t16-,18+/m1/s1. The maximum Gasteiger partial charge on any atom is 0.253 e. The summed E-state index contributed by atoms with van der Waals surface area (Å²) in [7, 11) is 1.64. The Morgan fingerprint density at radius 1 is 1.22 bits per heavy atom. The lowest BCUT2D eigenvalue weighted by Gasteiger charge is -2.35. The van der Waals surface area contributed by atoms with E-state index >= 15 is 0 Å². The minimum atomic E-state index is -0.102. The molecule has 2 atom stereocenters. The van der Waals surface area contributed by atoms with Crippen LogP contribution in [-0.4, -0.2) is 70.6 Å². The van der Waals surface area contributed by atoms with Gasteiger partial charge in [-0.1, -0.05) is 0 Å². The monoisotopic (exact) mass is 368 g/mol. The van der Waals surface area contributed by atoms with Gasteiger partial charge >= 0.3 is 0 Å². The molecule has 2 amide bonds. The Bertz CT molecular complexity index is 803. The van der Waals surface area contributed by atoms with Crippen molar-refractivity contribution < 1.29 is 14.3 Å². The maximum absolute atomic E-state index is 13.0. The highest BCUT2D eigenvalue weighted by Gasteiger charge is 2.41. The molecule has 1 aromatic heterocycles. The fourth-order valence-electron chi connectivity index (χ4n) is 4.06. The van der Waals surface area contributed by atoms with Crippen LogP contribution in [0.2, 0.25) is 0 Å². The average Bonchev–Trinajstić information content (AvgIpc) is 3.10. The van der Waals surface area contributed by atoms with E-state index in [-0.39, 0.29) is 23.8 Å². The zero-order valence-electron chi connectivity index (χ0n) is 15.5. The third kappa shape index (κ3) is 3.47. The first-order chi connectivity index (χ1) is 13.2. The second-order valence-corrected chi connectivity index (χ2v) is 7.18. The Labute approximate surface area is 158 Å². The van der Waals surface area contributed by atoms with Gasteiger partial charge in [0.2, 0.25) is 5.91 Å². The summed E-state index contributed by atoms with van der Waals surface area (Å²) in [5, 5.41) is 0. The predicted octanol–water partition coefficient (Wildman–Crippen LogP) is 1.58. The van der Waals surface area contributed by atoms with E-state index in [1.807, 2.05) is 44.8 Å². The SMILES string of the molecule is COCCN1C(=O)[C@@H]2CC[C@H]1CN(C(=O)c1ccc(-n3ccnc3)cc1)C2. The molecule has 4 heterocycles. The van der Waals surface area contributed by atoms with Crippen LogP contribution in [0, 0.1) is 5.92 Å². The highest BCUT2D eigenvalue weighted by atomic mass is 16.5. The molecule has 0 spiro atoms. The lowest BCUT2D eigenvalue weighted by atomic mass is 9.94. The molecule has 2 aromatic rings. The number of piperidine rings is 1. The van der Waals surface area contributed by atoms with Crippen LogP contribution in [0.4, 0.5) is 0 Å². The van der Waals surface area contributed by atoms with E-state index < -0.39 is 0 Å². The first kappa shape index (κ1) is 17.7. The Balaban J connectivity index is 1.50. The number of rotatable bonds is 5. The number of methoxy groups -OCH3 is 1. The fourth-order valence-corrected chi connectivity index (χ4v) is 4.06. The lowest BCUT2D eigenvalue weighted by molar-refractivity contribution is -0.140. The van der Waals surface area contributed by atoms with Crippen molar-refractivity contribution in [1.29, 1.82) is 0 Å². The molecular weight excluding hydrogens is 344 g/mol. The molecule has 2 bridgehead atoms. The molecule has 7 heteroatoms. The first-order valence-corrected chi connectivity index (χ1v) is 9.34. The summed E-state index contributed by atoms with van der Waals surface area (Å²) in [5.41, 5.74) is 1.61. The largest absolute Gasteiger partial charge is 0.383 e. The van der Waals surface area contributed by atoms with Gasteiger partial charge in [0.15, 0.2) is 0 Å². The smallest absolute Gasteiger partial charge is 0.253 e. The molecule has 0 N–H and O–H groups in total. The maximum atomic E-state index is 13.0. The third-order valence-electron chi connectivity index (χ3n) is 5.53. The van der Waals surface area contributed by atoms with Crippen molar-refractivity contribution in [3.05, 3.63) is 48.5 Å². The number of imidazole rings is 1. The molecule has 3 saturated heterocycles. The number of carbonyl (C=O) groups is 2. The molecule has 142 valence electrons. The van der Waals surface area contributed by atoms with E-state index in [0.717, 1.165) is 18.5 Å². The minimum absolute atomic E-state index is 0.00882. The summed E-state index contributed by atoms with van der Waals surface area (Å²) in [4.78, 5) is 33.6. The number of carbonyl (C=O) groups excluding carboxylic acids is 2. The van der Waals surface area contributed by atoms with Crippen LogP contribution in [-0.2, 0) is 9.53 Å². The van der Waals surface area contributed by atoms with E-state index in [1.165, 1.54) is 0 Å². The number of nitrogens with zero attached hydrogens (tertiary/aromatic N) is 4. The van der Waals surface area contributed by atoms with Crippen molar-refractivity contribution in [3.8, 4) is 5.69 Å². The van der Waals surface area contributed by atoms with E-state index in [1.54, 1.807) is 19.6 Å².